The monoisotopic (exact) mass is 645 g/mol. The fraction of sp³-hybridized carbons (Fsp3) is 0.667. The van der Waals surface area contributed by atoms with Crippen molar-refractivity contribution in [2.24, 2.45) is 5.11 Å². The van der Waals surface area contributed by atoms with Crippen LogP contribution in [0.15, 0.2) is 27.0 Å². The molecule has 42 heavy (non-hydrogen) atoms. The lowest BCUT2D eigenvalue weighted by Crippen LogP contribution is -2.56. The van der Waals surface area contributed by atoms with Gasteiger partial charge in [-0.3, -0.25) is 33.0 Å². The molecule has 0 aromatic carbocycles. The van der Waals surface area contributed by atoms with Crippen molar-refractivity contribution in [2.45, 2.75) is 62.9 Å². The second-order valence-corrected chi connectivity index (χ2v) is 11.6. The summed E-state index contributed by atoms with van der Waals surface area (Å²) in [6, 6.07) is -0.353. The van der Waals surface area contributed by atoms with Crippen molar-refractivity contribution in [1.82, 2.24) is 9.55 Å². The van der Waals surface area contributed by atoms with Crippen LogP contribution in [-0.2, 0) is 51.0 Å². The number of phosphoric acid groups is 2. The fourth-order valence-corrected chi connectivity index (χ4v) is 6.03. The summed E-state index contributed by atoms with van der Waals surface area (Å²) >= 11 is 0. The number of azide groups is 1. The van der Waals surface area contributed by atoms with Crippen molar-refractivity contribution in [3.8, 4) is 0 Å². The smallest absolute Gasteiger partial charge is 0.458 e. The number of aromatic nitrogens is 2. The van der Waals surface area contributed by atoms with Crippen molar-refractivity contribution < 1.29 is 71.0 Å². The first-order valence-corrected chi connectivity index (χ1v) is 14.6. The Balaban J connectivity index is 1.69. The van der Waals surface area contributed by atoms with Gasteiger partial charge in [0, 0.05) is 31.0 Å². The number of aliphatic hydroxyl groups excluding tert-OH is 2. The highest BCUT2D eigenvalue weighted by Gasteiger charge is 2.50. The molecule has 2 aliphatic heterocycles. The topological polar surface area (TPSA) is 317 Å². The van der Waals surface area contributed by atoms with E-state index in [9.17, 15) is 48.3 Å². The van der Waals surface area contributed by atoms with Gasteiger partial charge in [-0.15, -0.1) is 0 Å². The molecule has 22 nitrogen and oxygen atoms in total. The maximum Gasteiger partial charge on any atom is 0.483 e. The maximum absolute atomic E-state index is 12.6. The Hall–Kier alpha value is -2.97. The number of phosphoric ester groups is 2. The molecular formula is C18H25N5O17P2. The van der Waals surface area contributed by atoms with Gasteiger partial charge in [-0.1, -0.05) is 5.11 Å². The van der Waals surface area contributed by atoms with Crippen molar-refractivity contribution in [2.75, 3.05) is 13.2 Å². The van der Waals surface area contributed by atoms with Crippen LogP contribution < -0.4 is 11.2 Å². The van der Waals surface area contributed by atoms with Crippen molar-refractivity contribution in [1.29, 1.82) is 0 Å². The summed E-state index contributed by atoms with van der Waals surface area (Å²) in [5, 5.41) is 23.8. The Morgan fingerprint density at radius 1 is 1.14 bits per heavy atom. The van der Waals surface area contributed by atoms with E-state index in [1.807, 2.05) is 4.98 Å². The molecule has 2 fully saturated rings. The van der Waals surface area contributed by atoms with E-state index in [-0.39, 0.29) is 0 Å². The van der Waals surface area contributed by atoms with E-state index in [2.05, 4.69) is 18.9 Å². The van der Waals surface area contributed by atoms with E-state index in [4.69, 9.17) is 29.0 Å². The molecule has 3 rings (SSSR count). The number of esters is 2. The summed E-state index contributed by atoms with van der Waals surface area (Å²) in [6.07, 6.45) is -11.3. The molecule has 0 radical (unpaired) electrons. The van der Waals surface area contributed by atoms with Gasteiger partial charge in [-0.05, 0) is 5.53 Å². The van der Waals surface area contributed by atoms with E-state index < -0.39 is 101 Å². The molecule has 0 saturated carbocycles. The molecule has 2 unspecified atom stereocenters. The largest absolute Gasteiger partial charge is 0.483 e. The zero-order chi connectivity index (χ0) is 31.4. The van der Waals surface area contributed by atoms with Gasteiger partial charge in [-0.2, -0.15) is 4.31 Å². The van der Waals surface area contributed by atoms with E-state index in [0.29, 0.717) is 0 Å². The van der Waals surface area contributed by atoms with Gasteiger partial charge in [0.05, 0.1) is 13.2 Å². The second-order valence-electron chi connectivity index (χ2n) is 8.61. The predicted molar refractivity (Wildman–Crippen MR) is 129 cm³/mol. The Morgan fingerprint density at radius 3 is 2.38 bits per heavy atom. The fourth-order valence-electron chi connectivity index (χ4n) is 3.86. The van der Waals surface area contributed by atoms with Crippen LogP contribution in [0.1, 0.15) is 20.1 Å². The second kappa shape index (κ2) is 13.6. The first kappa shape index (κ1) is 33.5. The molecular weight excluding hydrogens is 620 g/mol. The van der Waals surface area contributed by atoms with Crippen LogP contribution in [-0.4, -0.2) is 97.6 Å². The molecule has 0 aliphatic carbocycles. The first-order chi connectivity index (χ1) is 19.5. The molecule has 0 bridgehead atoms. The Labute approximate surface area is 233 Å². The van der Waals surface area contributed by atoms with Gasteiger partial charge in [0.1, 0.15) is 24.4 Å². The number of rotatable bonds is 11. The highest BCUT2D eigenvalue weighted by Crippen LogP contribution is 2.61. The standard InChI is InChI=1S/C18H25N5O17P2/c1-7(24)36-14-9(21-22-19)5-34-17(15(14)37-8(2)25)39-42(32,33)40-41(30,31)35-6-10-12(27)13(28)16(38-10)23-4-3-11(26)20-18(23)29/h3-4,9-10,12-17,27-28H,5-6H2,1-2H3,(H,30,31)(H,32,33)(H,20,26,29)/t9-,10+,12+,13+,14-,15+,16+,17+/m0/s1. The number of hydrogen-bond donors (Lipinski definition) is 5. The van der Waals surface area contributed by atoms with Crippen LogP contribution in [0.4, 0.5) is 0 Å². The van der Waals surface area contributed by atoms with E-state index in [1.165, 1.54) is 0 Å². The first-order valence-electron chi connectivity index (χ1n) is 11.6. The number of carbonyl (C=O) groups excluding carboxylic acids is 2. The zero-order valence-electron chi connectivity index (χ0n) is 21.5. The van der Waals surface area contributed by atoms with Crippen LogP contribution in [0.3, 0.4) is 0 Å². The Kier molecular flexibility index (Phi) is 10.8. The number of aromatic amines is 1. The molecule has 24 heteroatoms. The normalized spacial score (nSPS) is 32.1. The van der Waals surface area contributed by atoms with E-state index in [1.54, 1.807) is 0 Å². The lowest BCUT2D eigenvalue weighted by molar-refractivity contribution is -0.237. The molecule has 0 spiro atoms. The molecule has 234 valence electrons. The van der Waals surface area contributed by atoms with E-state index in [0.717, 1.165) is 30.7 Å². The molecule has 1 aromatic rings. The number of H-pyrrole nitrogens is 1. The van der Waals surface area contributed by atoms with Gasteiger partial charge in [0.2, 0.25) is 6.29 Å². The molecule has 10 atom stereocenters. The third kappa shape index (κ3) is 8.54. The highest BCUT2D eigenvalue weighted by molar-refractivity contribution is 7.61. The van der Waals surface area contributed by atoms with Gasteiger partial charge in [0.25, 0.3) is 5.56 Å². The van der Waals surface area contributed by atoms with Gasteiger partial charge >= 0.3 is 33.3 Å². The summed E-state index contributed by atoms with van der Waals surface area (Å²) in [5.74, 6) is -1.94. The molecule has 5 N–H and O–H groups in total. The summed E-state index contributed by atoms with van der Waals surface area (Å²) < 4.78 is 59.7. The van der Waals surface area contributed by atoms with Crippen molar-refractivity contribution in [3.05, 3.63) is 43.5 Å². The Bertz CT molecular complexity index is 1430. The number of hydrogen-bond acceptors (Lipinski definition) is 16. The molecule has 1 aromatic heterocycles. The average molecular weight is 645 g/mol. The van der Waals surface area contributed by atoms with Crippen LogP contribution in [0, 0.1) is 0 Å². The van der Waals surface area contributed by atoms with E-state index >= 15 is 0 Å². The number of nitrogens with one attached hydrogen (secondary N) is 1. The zero-order valence-corrected chi connectivity index (χ0v) is 23.3. The minimum Gasteiger partial charge on any atom is -0.458 e. The lowest BCUT2D eigenvalue weighted by Gasteiger charge is -2.39. The quantitative estimate of drug-likeness (QED) is 0.0589. The van der Waals surface area contributed by atoms with Gasteiger partial charge in [0.15, 0.2) is 18.4 Å². The van der Waals surface area contributed by atoms with Crippen LogP contribution >= 0.6 is 15.6 Å². The minimum absolute atomic E-state index is 0.587. The molecule has 3 heterocycles. The molecule has 2 aliphatic rings. The van der Waals surface area contributed by atoms with Crippen LogP contribution in [0.5, 0.6) is 0 Å². The van der Waals surface area contributed by atoms with Crippen molar-refractivity contribution >= 4 is 27.6 Å². The summed E-state index contributed by atoms with van der Waals surface area (Å²) in [6.45, 7) is 0.252. The highest BCUT2D eigenvalue weighted by atomic mass is 31.3. The van der Waals surface area contributed by atoms with Crippen molar-refractivity contribution in [3.63, 3.8) is 0 Å². The summed E-state index contributed by atoms with van der Waals surface area (Å²) in [5.41, 5.74) is 6.99. The number of carbonyl (C=O) groups is 2. The van der Waals surface area contributed by atoms with Gasteiger partial charge in [-0.25, -0.2) is 13.9 Å². The lowest BCUT2D eigenvalue weighted by atomic mass is 10.0. The Morgan fingerprint density at radius 2 is 1.79 bits per heavy atom. The third-order valence-electron chi connectivity index (χ3n) is 5.51. The molecule has 2 saturated heterocycles. The van der Waals surface area contributed by atoms with Crippen LogP contribution in [0.25, 0.3) is 10.4 Å². The maximum atomic E-state index is 12.6. The number of aliphatic hydroxyl groups is 2. The minimum atomic E-state index is -5.65. The van der Waals surface area contributed by atoms with Crippen LogP contribution in [0.2, 0.25) is 0 Å². The summed E-state index contributed by atoms with van der Waals surface area (Å²) in [7, 11) is -11.2. The summed E-state index contributed by atoms with van der Waals surface area (Å²) in [4.78, 5) is 71.0. The molecule has 0 amide bonds. The number of nitrogens with zero attached hydrogens (tertiary/aromatic N) is 4. The van der Waals surface area contributed by atoms with Gasteiger partial charge < -0.3 is 38.9 Å². The SMILES string of the molecule is CC(=O)O[C@@H]1[C@@H](OC(C)=O)[C@@H](OP(=O)(O)OP(=O)(O)OC[C@H]2O[C@@H](n3ccc(=O)[nH]c3=O)[C@H](O)[C@@H]2O)OC[C@@H]1N=[N+]=[N-]. The third-order valence-corrected chi connectivity index (χ3v) is 8.11. The number of ether oxygens (including phenoxy) is 4. The predicted octanol–water partition coefficient (Wildman–Crippen LogP) is -1.69. The average Bonchev–Trinajstić information content (AvgIpc) is 3.13.